The van der Waals surface area contributed by atoms with Gasteiger partial charge in [-0.3, -0.25) is 4.79 Å². The lowest BCUT2D eigenvalue weighted by Gasteiger charge is -2.21. The van der Waals surface area contributed by atoms with Gasteiger partial charge < -0.3 is 14.7 Å². The van der Waals surface area contributed by atoms with E-state index in [9.17, 15) is 9.90 Å². The molecule has 0 saturated carbocycles. The number of ether oxygens (including phenoxy) is 1. The summed E-state index contributed by atoms with van der Waals surface area (Å²) >= 11 is 0. The van der Waals surface area contributed by atoms with Crippen molar-refractivity contribution in [2.45, 2.75) is 38.1 Å². The molecule has 0 unspecified atom stereocenters. The van der Waals surface area contributed by atoms with Crippen LogP contribution in [0.3, 0.4) is 0 Å². The zero-order chi connectivity index (χ0) is 19.6. The summed E-state index contributed by atoms with van der Waals surface area (Å²) in [6, 6.07) is 18.3. The molecule has 1 aliphatic heterocycles. The van der Waals surface area contributed by atoms with Crippen molar-refractivity contribution in [3.63, 3.8) is 0 Å². The molecule has 28 heavy (non-hydrogen) atoms. The topological polar surface area (TPSA) is 49.8 Å². The van der Waals surface area contributed by atoms with Gasteiger partial charge in [0.15, 0.2) is 0 Å². The maximum Gasteiger partial charge on any atom is 0.246 e. The van der Waals surface area contributed by atoms with E-state index in [2.05, 4.69) is 24.3 Å². The number of likely N-dealkylation sites (tertiary alicyclic amines) is 1. The van der Waals surface area contributed by atoms with E-state index in [-0.39, 0.29) is 18.6 Å². The summed E-state index contributed by atoms with van der Waals surface area (Å²) < 4.78 is 5.81. The molecule has 1 N–H and O–H groups in total. The Labute approximate surface area is 167 Å². The van der Waals surface area contributed by atoms with Crippen molar-refractivity contribution in [2.75, 3.05) is 19.8 Å². The minimum Gasteiger partial charge on any atom is -0.494 e. The van der Waals surface area contributed by atoms with Crippen LogP contribution in [0.25, 0.3) is 6.08 Å². The van der Waals surface area contributed by atoms with Gasteiger partial charge in [-0.05, 0) is 61.4 Å². The lowest BCUT2D eigenvalue weighted by Crippen LogP contribution is -2.36. The van der Waals surface area contributed by atoms with Gasteiger partial charge in [0.05, 0.1) is 19.3 Å². The van der Waals surface area contributed by atoms with E-state index in [4.69, 9.17) is 4.74 Å². The van der Waals surface area contributed by atoms with Crippen molar-refractivity contribution < 1.29 is 14.6 Å². The highest BCUT2D eigenvalue weighted by molar-refractivity contribution is 5.92. The van der Waals surface area contributed by atoms with Crippen molar-refractivity contribution in [3.8, 4) is 5.75 Å². The standard InChI is InChI=1S/C24H29NO3/c26-19-22-10-6-17-25(22)24(27)16-13-21-11-14-23(15-12-21)28-18-5-4-9-20-7-2-1-3-8-20/h1-3,7-8,11-16,22,26H,4-6,9-10,17-19H2/t22-/m0/s1. The van der Waals surface area contributed by atoms with Crippen LogP contribution in [-0.4, -0.2) is 41.7 Å². The Bertz CT molecular complexity index is 755. The van der Waals surface area contributed by atoms with Gasteiger partial charge in [-0.2, -0.15) is 0 Å². The first-order chi connectivity index (χ1) is 13.8. The van der Waals surface area contributed by atoms with Crippen molar-refractivity contribution >= 4 is 12.0 Å². The smallest absolute Gasteiger partial charge is 0.246 e. The molecule has 1 amide bonds. The number of nitrogens with zero attached hydrogens (tertiary/aromatic N) is 1. The van der Waals surface area contributed by atoms with E-state index in [0.717, 1.165) is 50.0 Å². The average molecular weight is 380 g/mol. The lowest BCUT2D eigenvalue weighted by atomic mass is 10.1. The number of aliphatic hydroxyl groups is 1. The predicted molar refractivity (Wildman–Crippen MR) is 112 cm³/mol. The molecular formula is C24H29NO3. The van der Waals surface area contributed by atoms with E-state index >= 15 is 0 Å². The molecule has 2 aromatic carbocycles. The maximum absolute atomic E-state index is 12.3. The van der Waals surface area contributed by atoms with Crippen LogP contribution in [0.5, 0.6) is 5.75 Å². The molecule has 3 rings (SSSR count). The van der Waals surface area contributed by atoms with Gasteiger partial charge >= 0.3 is 0 Å². The number of carbonyl (C=O) groups excluding carboxylic acids is 1. The second-order valence-electron chi connectivity index (χ2n) is 7.20. The monoisotopic (exact) mass is 379 g/mol. The number of carbonyl (C=O) groups is 1. The molecule has 4 heteroatoms. The van der Waals surface area contributed by atoms with Crippen LogP contribution >= 0.6 is 0 Å². The molecule has 148 valence electrons. The number of hydrogen-bond donors (Lipinski definition) is 1. The Balaban J connectivity index is 1.39. The fraction of sp³-hybridized carbons (Fsp3) is 0.375. The Morgan fingerprint density at radius 1 is 1.11 bits per heavy atom. The molecular weight excluding hydrogens is 350 g/mol. The van der Waals surface area contributed by atoms with Crippen molar-refractivity contribution in [1.29, 1.82) is 0 Å². The maximum atomic E-state index is 12.3. The van der Waals surface area contributed by atoms with E-state index < -0.39 is 0 Å². The molecule has 0 aromatic heterocycles. The molecule has 0 aliphatic carbocycles. The molecule has 0 radical (unpaired) electrons. The van der Waals surface area contributed by atoms with Gasteiger partial charge in [0.25, 0.3) is 0 Å². The average Bonchev–Trinajstić information content (AvgIpc) is 3.22. The number of unbranched alkanes of at least 4 members (excludes halogenated alkanes) is 1. The summed E-state index contributed by atoms with van der Waals surface area (Å²) in [7, 11) is 0. The number of amides is 1. The minimum atomic E-state index is -0.0326. The molecule has 0 bridgehead atoms. The third-order valence-corrected chi connectivity index (χ3v) is 5.14. The highest BCUT2D eigenvalue weighted by Crippen LogP contribution is 2.18. The van der Waals surface area contributed by atoms with Gasteiger partial charge in [0, 0.05) is 12.6 Å². The van der Waals surface area contributed by atoms with E-state index in [1.807, 2.05) is 36.4 Å². The van der Waals surface area contributed by atoms with Crippen LogP contribution in [0.4, 0.5) is 0 Å². The first-order valence-corrected chi connectivity index (χ1v) is 10.1. The van der Waals surface area contributed by atoms with Gasteiger partial charge in [-0.25, -0.2) is 0 Å². The van der Waals surface area contributed by atoms with E-state index in [1.54, 1.807) is 11.0 Å². The van der Waals surface area contributed by atoms with Crippen LogP contribution in [0, 0.1) is 0 Å². The normalized spacial score (nSPS) is 16.6. The number of aliphatic hydroxyl groups excluding tert-OH is 1. The Morgan fingerprint density at radius 3 is 2.64 bits per heavy atom. The Kier molecular flexibility index (Phi) is 7.68. The molecule has 1 heterocycles. The quantitative estimate of drug-likeness (QED) is 0.527. The second-order valence-corrected chi connectivity index (χ2v) is 7.20. The summed E-state index contributed by atoms with van der Waals surface area (Å²) in [4.78, 5) is 14.0. The van der Waals surface area contributed by atoms with Gasteiger partial charge in [-0.15, -0.1) is 0 Å². The third kappa shape index (κ3) is 5.96. The van der Waals surface area contributed by atoms with Crippen molar-refractivity contribution in [1.82, 2.24) is 4.90 Å². The summed E-state index contributed by atoms with van der Waals surface area (Å²) in [5, 5.41) is 9.33. The number of aryl methyl sites for hydroxylation is 1. The summed E-state index contributed by atoms with van der Waals surface area (Å²) in [5.74, 6) is 0.818. The Morgan fingerprint density at radius 2 is 1.89 bits per heavy atom. The molecule has 1 saturated heterocycles. The second kappa shape index (κ2) is 10.7. The highest BCUT2D eigenvalue weighted by Gasteiger charge is 2.26. The number of rotatable bonds is 9. The summed E-state index contributed by atoms with van der Waals surface area (Å²) in [6.07, 6.45) is 8.46. The van der Waals surface area contributed by atoms with Gasteiger partial charge in [0.1, 0.15) is 5.75 Å². The van der Waals surface area contributed by atoms with Crippen LogP contribution in [-0.2, 0) is 11.2 Å². The number of hydrogen-bond acceptors (Lipinski definition) is 3. The fourth-order valence-electron chi connectivity index (χ4n) is 3.52. The van der Waals surface area contributed by atoms with Crippen LogP contribution in [0.1, 0.15) is 36.8 Å². The zero-order valence-electron chi connectivity index (χ0n) is 16.3. The largest absolute Gasteiger partial charge is 0.494 e. The summed E-state index contributed by atoms with van der Waals surface area (Å²) in [5.41, 5.74) is 2.33. The fourth-order valence-corrected chi connectivity index (χ4v) is 3.52. The molecule has 1 aliphatic rings. The number of benzene rings is 2. The SMILES string of the molecule is O=C(C=Cc1ccc(OCCCCc2ccccc2)cc1)N1CCC[C@H]1CO. The van der Waals surface area contributed by atoms with Crippen molar-refractivity contribution in [3.05, 3.63) is 71.8 Å². The third-order valence-electron chi connectivity index (χ3n) is 5.14. The first-order valence-electron chi connectivity index (χ1n) is 10.1. The molecule has 1 atom stereocenters. The van der Waals surface area contributed by atoms with E-state index in [1.165, 1.54) is 5.56 Å². The minimum absolute atomic E-state index is 0.0321. The lowest BCUT2D eigenvalue weighted by molar-refractivity contribution is -0.127. The van der Waals surface area contributed by atoms with Crippen molar-refractivity contribution in [2.24, 2.45) is 0 Å². The Hall–Kier alpha value is -2.59. The van der Waals surface area contributed by atoms with Crippen LogP contribution < -0.4 is 4.74 Å². The molecule has 1 fully saturated rings. The highest BCUT2D eigenvalue weighted by atomic mass is 16.5. The van der Waals surface area contributed by atoms with Gasteiger partial charge in [0.2, 0.25) is 5.91 Å². The van der Waals surface area contributed by atoms with E-state index in [0.29, 0.717) is 6.61 Å². The summed E-state index contributed by atoms with van der Waals surface area (Å²) in [6.45, 7) is 1.47. The molecule has 0 spiro atoms. The van der Waals surface area contributed by atoms with Crippen LogP contribution in [0.15, 0.2) is 60.7 Å². The van der Waals surface area contributed by atoms with Crippen LogP contribution in [0.2, 0.25) is 0 Å². The van der Waals surface area contributed by atoms with Gasteiger partial charge in [-0.1, -0.05) is 42.5 Å². The first kappa shape index (κ1) is 20.2. The molecule has 2 aromatic rings. The predicted octanol–water partition coefficient (Wildman–Crippen LogP) is 4.08. The molecule has 4 nitrogen and oxygen atoms in total. The zero-order valence-corrected chi connectivity index (χ0v) is 16.3.